The van der Waals surface area contributed by atoms with E-state index < -0.39 is 0 Å². The van der Waals surface area contributed by atoms with Crippen LogP contribution in [0.3, 0.4) is 0 Å². The molecule has 2 rings (SSSR count). The van der Waals surface area contributed by atoms with Gasteiger partial charge in [0.1, 0.15) is 0 Å². The average Bonchev–Trinajstić information content (AvgIpc) is 2.46. The highest BCUT2D eigenvalue weighted by Gasteiger charge is 2.09. The number of rotatable bonds is 4. The SMILES string of the molecule is Cc1ccc(/C=C/c2ccc(N(C)C)cc2)cc1[N+](=O)[O-]. The minimum Gasteiger partial charge on any atom is -0.378 e. The molecule has 0 saturated heterocycles. The molecule has 0 unspecified atom stereocenters. The van der Waals surface area contributed by atoms with E-state index in [1.165, 1.54) is 0 Å². The number of hydrogen-bond donors (Lipinski definition) is 0. The van der Waals surface area contributed by atoms with Crippen LogP contribution in [0.2, 0.25) is 0 Å². The number of benzene rings is 2. The molecule has 108 valence electrons. The summed E-state index contributed by atoms with van der Waals surface area (Å²) < 4.78 is 0. The van der Waals surface area contributed by atoms with Gasteiger partial charge in [0.2, 0.25) is 0 Å². The third-order valence-corrected chi connectivity index (χ3v) is 3.31. The van der Waals surface area contributed by atoms with Gasteiger partial charge in [0.05, 0.1) is 4.92 Å². The van der Waals surface area contributed by atoms with Crippen molar-refractivity contribution in [1.29, 1.82) is 0 Å². The second-order valence-electron chi connectivity index (χ2n) is 5.12. The Hall–Kier alpha value is -2.62. The van der Waals surface area contributed by atoms with Crippen molar-refractivity contribution in [1.82, 2.24) is 0 Å². The zero-order chi connectivity index (χ0) is 15.4. The molecule has 0 saturated carbocycles. The van der Waals surface area contributed by atoms with Crippen LogP contribution in [0.25, 0.3) is 12.2 Å². The van der Waals surface area contributed by atoms with E-state index in [1.54, 1.807) is 19.1 Å². The van der Waals surface area contributed by atoms with Gasteiger partial charge in [0.15, 0.2) is 0 Å². The lowest BCUT2D eigenvalue weighted by Crippen LogP contribution is -2.07. The Kier molecular flexibility index (Phi) is 4.38. The van der Waals surface area contributed by atoms with Crippen molar-refractivity contribution in [2.45, 2.75) is 6.92 Å². The monoisotopic (exact) mass is 282 g/mol. The zero-order valence-electron chi connectivity index (χ0n) is 12.4. The molecule has 0 aromatic heterocycles. The molecule has 0 fully saturated rings. The smallest absolute Gasteiger partial charge is 0.272 e. The molecule has 21 heavy (non-hydrogen) atoms. The highest BCUT2D eigenvalue weighted by Crippen LogP contribution is 2.21. The lowest BCUT2D eigenvalue weighted by atomic mass is 10.1. The molecule has 0 aliphatic heterocycles. The van der Waals surface area contributed by atoms with E-state index in [0.717, 1.165) is 16.8 Å². The summed E-state index contributed by atoms with van der Waals surface area (Å²) in [6.07, 6.45) is 3.84. The Balaban J connectivity index is 2.21. The van der Waals surface area contributed by atoms with Crippen LogP contribution < -0.4 is 4.90 Å². The van der Waals surface area contributed by atoms with Crippen molar-refractivity contribution < 1.29 is 4.92 Å². The van der Waals surface area contributed by atoms with Crippen LogP contribution in [0, 0.1) is 17.0 Å². The first-order valence-electron chi connectivity index (χ1n) is 6.68. The van der Waals surface area contributed by atoms with Gasteiger partial charge in [-0.15, -0.1) is 0 Å². The summed E-state index contributed by atoms with van der Waals surface area (Å²) in [7, 11) is 3.99. The Morgan fingerprint density at radius 3 is 2.14 bits per heavy atom. The summed E-state index contributed by atoms with van der Waals surface area (Å²) in [4.78, 5) is 12.6. The highest BCUT2D eigenvalue weighted by atomic mass is 16.6. The quantitative estimate of drug-likeness (QED) is 0.481. The summed E-state index contributed by atoms with van der Waals surface area (Å²) in [5, 5.41) is 10.9. The Morgan fingerprint density at radius 2 is 1.57 bits per heavy atom. The van der Waals surface area contributed by atoms with Crippen LogP contribution in [0.5, 0.6) is 0 Å². The highest BCUT2D eigenvalue weighted by molar-refractivity contribution is 5.71. The third kappa shape index (κ3) is 3.69. The Labute approximate surface area is 124 Å². The van der Waals surface area contributed by atoms with Gasteiger partial charge < -0.3 is 4.90 Å². The summed E-state index contributed by atoms with van der Waals surface area (Å²) in [5.74, 6) is 0. The van der Waals surface area contributed by atoms with Gasteiger partial charge in [0, 0.05) is 31.4 Å². The molecule has 4 heteroatoms. The predicted molar refractivity (Wildman–Crippen MR) is 87.5 cm³/mol. The number of nitrogens with zero attached hydrogens (tertiary/aromatic N) is 2. The fourth-order valence-electron chi connectivity index (χ4n) is 2.00. The lowest BCUT2D eigenvalue weighted by Gasteiger charge is -2.11. The average molecular weight is 282 g/mol. The van der Waals surface area contributed by atoms with Crippen molar-refractivity contribution in [3.05, 3.63) is 69.3 Å². The van der Waals surface area contributed by atoms with Gasteiger partial charge in [-0.2, -0.15) is 0 Å². The van der Waals surface area contributed by atoms with Crippen LogP contribution in [0.1, 0.15) is 16.7 Å². The van der Waals surface area contributed by atoms with Crippen molar-refractivity contribution in [2.75, 3.05) is 19.0 Å². The number of aryl methyl sites for hydroxylation is 1. The van der Waals surface area contributed by atoms with Gasteiger partial charge in [-0.3, -0.25) is 10.1 Å². The molecule has 0 atom stereocenters. The number of nitro groups is 1. The number of nitro benzene ring substituents is 1. The Bertz CT molecular complexity index is 674. The van der Waals surface area contributed by atoms with E-state index in [4.69, 9.17) is 0 Å². The molecule has 2 aromatic carbocycles. The second-order valence-corrected chi connectivity index (χ2v) is 5.12. The van der Waals surface area contributed by atoms with Crippen LogP contribution in [0.4, 0.5) is 11.4 Å². The molecule has 0 bridgehead atoms. The molecule has 0 N–H and O–H groups in total. The van der Waals surface area contributed by atoms with Gasteiger partial charge >= 0.3 is 0 Å². The second kappa shape index (κ2) is 6.22. The first-order chi connectivity index (χ1) is 9.97. The standard InChI is InChI=1S/C17H18N2O2/c1-13-4-5-15(12-17(13)19(20)21)7-6-14-8-10-16(11-9-14)18(2)3/h4-12H,1-3H3/b7-6+. The van der Waals surface area contributed by atoms with Crippen LogP contribution in [-0.2, 0) is 0 Å². The fraction of sp³-hybridized carbons (Fsp3) is 0.176. The molecule has 0 spiro atoms. The van der Waals surface area contributed by atoms with Crippen LogP contribution >= 0.6 is 0 Å². The maximum Gasteiger partial charge on any atom is 0.272 e. The maximum atomic E-state index is 10.9. The summed E-state index contributed by atoms with van der Waals surface area (Å²) in [6, 6.07) is 13.4. The summed E-state index contributed by atoms with van der Waals surface area (Å²) >= 11 is 0. The first kappa shape index (κ1) is 14.8. The van der Waals surface area contributed by atoms with Crippen LogP contribution in [0.15, 0.2) is 42.5 Å². The molecule has 4 nitrogen and oxygen atoms in total. The van der Waals surface area contributed by atoms with E-state index >= 15 is 0 Å². The van der Waals surface area contributed by atoms with Crippen molar-refractivity contribution in [2.24, 2.45) is 0 Å². The lowest BCUT2D eigenvalue weighted by molar-refractivity contribution is -0.385. The molecular formula is C17H18N2O2. The third-order valence-electron chi connectivity index (χ3n) is 3.31. The molecule has 2 aromatic rings. The summed E-state index contributed by atoms with van der Waals surface area (Å²) in [5.41, 5.74) is 3.85. The number of hydrogen-bond acceptors (Lipinski definition) is 3. The molecule has 0 aliphatic rings. The van der Waals surface area contributed by atoms with Gasteiger partial charge in [-0.05, 0) is 30.2 Å². The van der Waals surface area contributed by atoms with Gasteiger partial charge in [-0.1, -0.05) is 36.4 Å². The van der Waals surface area contributed by atoms with Crippen molar-refractivity contribution in [3.63, 3.8) is 0 Å². The minimum absolute atomic E-state index is 0.153. The van der Waals surface area contributed by atoms with E-state index in [0.29, 0.717) is 5.56 Å². The van der Waals surface area contributed by atoms with E-state index in [1.807, 2.05) is 61.5 Å². The van der Waals surface area contributed by atoms with Crippen molar-refractivity contribution in [3.8, 4) is 0 Å². The minimum atomic E-state index is -0.349. The van der Waals surface area contributed by atoms with E-state index in [2.05, 4.69) is 0 Å². The first-order valence-corrected chi connectivity index (χ1v) is 6.68. The number of anilines is 1. The normalized spacial score (nSPS) is 10.8. The largest absolute Gasteiger partial charge is 0.378 e. The topological polar surface area (TPSA) is 46.4 Å². The zero-order valence-corrected chi connectivity index (χ0v) is 12.4. The summed E-state index contributed by atoms with van der Waals surface area (Å²) in [6.45, 7) is 1.74. The van der Waals surface area contributed by atoms with E-state index in [9.17, 15) is 10.1 Å². The van der Waals surface area contributed by atoms with E-state index in [-0.39, 0.29) is 10.6 Å². The fourth-order valence-corrected chi connectivity index (χ4v) is 2.00. The molecule has 0 heterocycles. The predicted octanol–water partition coefficient (Wildman–Crippen LogP) is 4.14. The molecule has 0 radical (unpaired) electrons. The van der Waals surface area contributed by atoms with Gasteiger partial charge in [0.25, 0.3) is 5.69 Å². The maximum absolute atomic E-state index is 10.9. The van der Waals surface area contributed by atoms with Crippen molar-refractivity contribution >= 4 is 23.5 Å². The molecule has 0 aliphatic carbocycles. The molecule has 0 amide bonds. The molecular weight excluding hydrogens is 264 g/mol. The van der Waals surface area contributed by atoms with Gasteiger partial charge in [-0.25, -0.2) is 0 Å². The van der Waals surface area contributed by atoms with Crippen LogP contribution in [-0.4, -0.2) is 19.0 Å². The Morgan fingerprint density at radius 1 is 1.00 bits per heavy atom.